The maximum Gasteiger partial charge on any atom is 0.335 e. The van der Waals surface area contributed by atoms with Crippen LogP contribution < -0.4 is 0 Å². The predicted octanol–water partition coefficient (Wildman–Crippen LogP) is 8.58. The Balaban J connectivity index is 0.000000264. The third-order valence-corrected chi connectivity index (χ3v) is 7.68. The highest BCUT2D eigenvalue weighted by Gasteiger charge is 2.15. The van der Waals surface area contributed by atoms with Gasteiger partial charge in [0, 0.05) is 0 Å². The lowest BCUT2D eigenvalue weighted by Crippen LogP contribution is -2.07. The topological polar surface area (TPSA) is 149 Å². The second-order valence-corrected chi connectivity index (χ2v) is 10.7. The molecule has 0 heterocycles. The minimum atomic E-state index is -0.966. The predicted molar refractivity (Wildman–Crippen MR) is 189 cm³/mol. The summed E-state index contributed by atoms with van der Waals surface area (Å²) in [7, 11) is 0. The summed E-state index contributed by atoms with van der Waals surface area (Å²) in [6.45, 7) is 11.2. The number of carboxylic acids is 4. The first-order chi connectivity index (χ1) is 22.9. The van der Waals surface area contributed by atoms with Gasteiger partial charge in [-0.1, -0.05) is 72.9 Å². The van der Waals surface area contributed by atoms with Gasteiger partial charge in [-0.3, -0.25) is 0 Å². The first-order valence-corrected chi connectivity index (χ1v) is 14.8. The molecule has 4 aromatic rings. The molecule has 0 unspecified atom stereocenters. The van der Waals surface area contributed by atoms with Crippen molar-refractivity contribution in [3.05, 3.63) is 165 Å². The Kier molecular flexibility index (Phi) is 12.7. The smallest absolute Gasteiger partial charge is 0.335 e. The summed E-state index contributed by atoms with van der Waals surface area (Å²) in [5.41, 5.74) is 7.91. The maximum absolute atomic E-state index is 11.5. The van der Waals surface area contributed by atoms with Gasteiger partial charge in [-0.25, -0.2) is 19.2 Å². The van der Waals surface area contributed by atoms with Gasteiger partial charge in [-0.15, -0.1) is 13.2 Å². The number of hydrogen-bond donors (Lipinski definition) is 4. The van der Waals surface area contributed by atoms with Gasteiger partial charge in [0.05, 0.1) is 22.3 Å². The van der Waals surface area contributed by atoms with Crippen LogP contribution in [0, 0.1) is 13.8 Å². The van der Waals surface area contributed by atoms with Crippen LogP contribution in [-0.4, -0.2) is 44.3 Å². The molecule has 0 spiro atoms. The fourth-order valence-corrected chi connectivity index (χ4v) is 4.93. The fraction of sp³-hybridized carbons (Fsp3) is 0.100. The molecule has 0 saturated carbocycles. The maximum atomic E-state index is 11.5. The Labute approximate surface area is 279 Å². The molecule has 48 heavy (non-hydrogen) atoms. The van der Waals surface area contributed by atoms with Crippen molar-refractivity contribution in [2.24, 2.45) is 0 Å². The van der Waals surface area contributed by atoms with Crippen LogP contribution in [0.1, 0.15) is 85.9 Å². The van der Waals surface area contributed by atoms with E-state index in [1.54, 1.807) is 91.9 Å². The van der Waals surface area contributed by atoms with E-state index < -0.39 is 23.9 Å². The van der Waals surface area contributed by atoms with Crippen LogP contribution in [0.25, 0.3) is 24.3 Å². The monoisotopic (exact) mass is 644 g/mol. The van der Waals surface area contributed by atoms with Crippen LogP contribution in [-0.2, 0) is 12.8 Å². The number of carboxylic acid groups (broad SMARTS) is 4. The molecule has 4 rings (SSSR count). The second kappa shape index (κ2) is 16.9. The SMILES string of the molecule is C=CCc1c(C=Cc2ccc(C(=O)O)cc2)ccc(C(=O)O)c1CC=C.Cc1c(C=Cc2ccc(C(=O)O)cc2)ccc(C(=O)O)c1C. The van der Waals surface area contributed by atoms with E-state index in [0.717, 1.165) is 44.5 Å². The molecule has 244 valence electrons. The number of allylic oxidation sites excluding steroid dienone is 2. The summed E-state index contributed by atoms with van der Waals surface area (Å²) in [6, 6.07) is 19.8. The molecule has 4 N–H and O–H groups in total. The molecule has 0 aliphatic rings. The van der Waals surface area contributed by atoms with Crippen LogP contribution in [0.15, 0.2) is 98.1 Å². The van der Waals surface area contributed by atoms with Gasteiger partial charge in [0.1, 0.15) is 0 Å². The van der Waals surface area contributed by atoms with E-state index in [4.69, 9.17) is 15.3 Å². The van der Waals surface area contributed by atoms with Crippen molar-refractivity contribution >= 4 is 48.2 Å². The Morgan fingerprint density at radius 3 is 1.35 bits per heavy atom. The lowest BCUT2D eigenvalue weighted by Gasteiger charge is -2.13. The molecule has 0 amide bonds. The Morgan fingerprint density at radius 1 is 0.500 bits per heavy atom. The molecule has 8 nitrogen and oxygen atoms in total. The Bertz CT molecular complexity index is 1910. The molecule has 4 aromatic carbocycles. The van der Waals surface area contributed by atoms with E-state index in [2.05, 4.69) is 13.2 Å². The zero-order valence-corrected chi connectivity index (χ0v) is 26.6. The molecular weight excluding hydrogens is 608 g/mol. The summed E-state index contributed by atoms with van der Waals surface area (Å²) in [6.07, 6.45) is 12.0. The first-order valence-electron chi connectivity index (χ1n) is 14.8. The number of benzene rings is 4. The van der Waals surface area contributed by atoms with Crippen molar-refractivity contribution in [2.75, 3.05) is 0 Å². The number of aromatic carboxylic acids is 4. The Hall–Kier alpha value is -6.28. The van der Waals surface area contributed by atoms with Crippen molar-refractivity contribution < 1.29 is 39.6 Å². The van der Waals surface area contributed by atoms with E-state index in [-0.39, 0.29) is 16.7 Å². The highest BCUT2D eigenvalue weighted by molar-refractivity contribution is 5.92. The van der Waals surface area contributed by atoms with Crippen LogP contribution >= 0.6 is 0 Å². The molecule has 0 aliphatic heterocycles. The van der Waals surface area contributed by atoms with E-state index in [1.165, 1.54) is 0 Å². The number of carbonyl (C=O) groups is 4. The van der Waals surface area contributed by atoms with Crippen LogP contribution in [0.4, 0.5) is 0 Å². The van der Waals surface area contributed by atoms with Gasteiger partial charge in [-0.2, -0.15) is 0 Å². The largest absolute Gasteiger partial charge is 0.478 e. The molecule has 0 aliphatic carbocycles. The van der Waals surface area contributed by atoms with Crippen molar-refractivity contribution in [1.29, 1.82) is 0 Å². The lowest BCUT2D eigenvalue weighted by atomic mass is 9.91. The third-order valence-electron chi connectivity index (χ3n) is 7.68. The Morgan fingerprint density at radius 2 is 0.917 bits per heavy atom. The fourth-order valence-electron chi connectivity index (χ4n) is 4.93. The van der Waals surface area contributed by atoms with Crippen LogP contribution in [0.2, 0.25) is 0 Å². The van der Waals surface area contributed by atoms with Gasteiger partial charge >= 0.3 is 23.9 Å². The number of hydrogen-bond acceptors (Lipinski definition) is 4. The average molecular weight is 645 g/mol. The summed E-state index contributed by atoms with van der Waals surface area (Å²) >= 11 is 0. The molecule has 0 fully saturated rings. The zero-order valence-electron chi connectivity index (χ0n) is 26.6. The molecular formula is C40H36O8. The summed E-state index contributed by atoms with van der Waals surface area (Å²) in [5.74, 6) is -3.81. The second-order valence-electron chi connectivity index (χ2n) is 10.7. The third kappa shape index (κ3) is 9.37. The van der Waals surface area contributed by atoms with Crippen molar-refractivity contribution in [2.45, 2.75) is 26.7 Å². The molecule has 0 bridgehead atoms. The van der Waals surface area contributed by atoms with Gasteiger partial charge in [0.25, 0.3) is 0 Å². The zero-order chi connectivity index (χ0) is 35.4. The molecule has 0 saturated heterocycles. The minimum absolute atomic E-state index is 0.230. The molecule has 8 heteroatoms. The van der Waals surface area contributed by atoms with Crippen molar-refractivity contribution in [1.82, 2.24) is 0 Å². The molecule has 0 aromatic heterocycles. The minimum Gasteiger partial charge on any atom is -0.478 e. The van der Waals surface area contributed by atoms with Crippen LogP contribution in [0.3, 0.4) is 0 Å². The number of rotatable bonds is 12. The van der Waals surface area contributed by atoms with Crippen LogP contribution in [0.5, 0.6) is 0 Å². The van der Waals surface area contributed by atoms with Gasteiger partial charge < -0.3 is 20.4 Å². The summed E-state index contributed by atoms with van der Waals surface area (Å²) in [4.78, 5) is 44.3. The average Bonchev–Trinajstić information content (AvgIpc) is 3.06. The summed E-state index contributed by atoms with van der Waals surface area (Å²) < 4.78 is 0. The molecule has 0 radical (unpaired) electrons. The van der Waals surface area contributed by atoms with Gasteiger partial charge in [0.15, 0.2) is 0 Å². The van der Waals surface area contributed by atoms with E-state index >= 15 is 0 Å². The van der Waals surface area contributed by atoms with Gasteiger partial charge in [-0.05, 0) is 108 Å². The normalized spacial score (nSPS) is 10.7. The standard InChI is InChI=1S/C22H20O4.C18H16O4/c1-3-5-18-16(13-14-20(22(25)26)19(18)6-4-2)10-7-15-8-11-17(12-9-15)21(23)24;1-11-12(2)16(18(21)22)10-9-14(11)6-3-13-4-7-15(8-5-13)17(19)20/h3-4,7-14H,1-2,5-6H2,(H,23,24)(H,25,26);3-10H,1-2H3,(H,19,20)(H,21,22). The highest BCUT2D eigenvalue weighted by Crippen LogP contribution is 2.24. The van der Waals surface area contributed by atoms with E-state index in [1.807, 2.05) is 31.2 Å². The lowest BCUT2D eigenvalue weighted by molar-refractivity contribution is 0.0685. The van der Waals surface area contributed by atoms with Crippen molar-refractivity contribution in [3.63, 3.8) is 0 Å². The van der Waals surface area contributed by atoms with E-state index in [9.17, 15) is 24.3 Å². The molecule has 0 atom stereocenters. The summed E-state index contributed by atoms with van der Waals surface area (Å²) in [5, 5.41) is 36.3. The van der Waals surface area contributed by atoms with Gasteiger partial charge in [0.2, 0.25) is 0 Å². The highest BCUT2D eigenvalue weighted by atomic mass is 16.4. The van der Waals surface area contributed by atoms with Crippen molar-refractivity contribution in [3.8, 4) is 0 Å². The van der Waals surface area contributed by atoms with E-state index in [0.29, 0.717) is 18.4 Å². The first kappa shape index (κ1) is 36.2. The quantitative estimate of drug-likeness (QED) is 0.0885.